The molecule has 0 radical (unpaired) electrons. The summed E-state index contributed by atoms with van der Waals surface area (Å²) in [5.41, 5.74) is 0. The number of carbonyl (C=O) groups is 1. The molecule has 68 valence electrons. The standard InChI is InChI=1S/C8H13NO3/c1-3-4-5-11-8-9-6(2)7(10)12-8/h6H,3-5H2,1-2H3. The maximum absolute atomic E-state index is 10.8. The van der Waals surface area contributed by atoms with E-state index in [2.05, 4.69) is 11.9 Å². The van der Waals surface area contributed by atoms with Gasteiger partial charge in [0.05, 0.1) is 6.61 Å². The number of hydrogen-bond donors (Lipinski definition) is 0. The van der Waals surface area contributed by atoms with Crippen molar-refractivity contribution in [1.29, 1.82) is 0 Å². The van der Waals surface area contributed by atoms with Crippen LogP contribution in [0.25, 0.3) is 0 Å². The van der Waals surface area contributed by atoms with Crippen LogP contribution in [0.5, 0.6) is 0 Å². The van der Waals surface area contributed by atoms with Crippen LogP contribution in [0.4, 0.5) is 0 Å². The molecule has 0 spiro atoms. The highest BCUT2D eigenvalue weighted by Gasteiger charge is 2.25. The van der Waals surface area contributed by atoms with Gasteiger partial charge in [-0.05, 0) is 13.3 Å². The Balaban J connectivity index is 2.26. The summed E-state index contributed by atoms with van der Waals surface area (Å²) in [5.74, 6) is -0.332. The molecule has 0 fully saturated rings. The normalized spacial score (nSPS) is 22.0. The maximum atomic E-state index is 10.8. The third kappa shape index (κ3) is 2.22. The van der Waals surface area contributed by atoms with Gasteiger partial charge in [-0.25, -0.2) is 9.79 Å². The number of aliphatic imine (C=N–C) groups is 1. The molecule has 0 aromatic carbocycles. The lowest BCUT2D eigenvalue weighted by Gasteiger charge is -2.01. The Morgan fingerprint density at radius 3 is 2.92 bits per heavy atom. The fourth-order valence-corrected chi connectivity index (χ4v) is 0.779. The predicted octanol–water partition coefficient (Wildman–Crippen LogP) is 1.10. The average molecular weight is 171 g/mol. The van der Waals surface area contributed by atoms with Gasteiger partial charge in [-0.3, -0.25) is 0 Å². The van der Waals surface area contributed by atoms with E-state index in [0.29, 0.717) is 6.61 Å². The number of cyclic esters (lactones) is 1. The number of rotatable bonds is 3. The molecule has 0 N–H and O–H groups in total. The first-order valence-electron chi connectivity index (χ1n) is 4.16. The quantitative estimate of drug-likeness (QED) is 0.472. The lowest BCUT2D eigenvalue weighted by atomic mass is 10.4. The van der Waals surface area contributed by atoms with E-state index in [1.807, 2.05) is 0 Å². The first kappa shape index (κ1) is 9.03. The van der Waals surface area contributed by atoms with Crippen LogP contribution in [0.15, 0.2) is 4.99 Å². The van der Waals surface area contributed by atoms with Crippen molar-refractivity contribution in [1.82, 2.24) is 0 Å². The summed E-state index contributed by atoms with van der Waals surface area (Å²) in [4.78, 5) is 14.7. The molecule has 0 aliphatic carbocycles. The van der Waals surface area contributed by atoms with Gasteiger partial charge in [-0.1, -0.05) is 13.3 Å². The molecule has 4 heteroatoms. The predicted molar refractivity (Wildman–Crippen MR) is 43.8 cm³/mol. The number of unbranched alkanes of at least 4 members (excludes halogenated alkanes) is 1. The zero-order chi connectivity index (χ0) is 8.97. The first-order chi connectivity index (χ1) is 5.74. The van der Waals surface area contributed by atoms with E-state index in [1.165, 1.54) is 0 Å². The van der Waals surface area contributed by atoms with E-state index < -0.39 is 6.04 Å². The Hall–Kier alpha value is -1.06. The van der Waals surface area contributed by atoms with E-state index in [9.17, 15) is 4.79 Å². The van der Waals surface area contributed by atoms with E-state index >= 15 is 0 Å². The van der Waals surface area contributed by atoms with Gasteiger partial charge in [0.1, 0.15) is 0 Å². The van der Waals surface area contributed by atoms with Crippen molar-refractivity contribution >= 4 is 12.1 Å². The van der Waals surface area contributed by atoms with Crippen molar-refractivity contribution < 1.29 is 14.3 Å². The first-order valence-corrected chi connectivity index (χ1v) is 4.16. The van der Waals surface area contributed by atoms with Crippen LogP contribution in [-0.2, 0) is 14.3 Å². The van der Waals surface area contributed by atoms with Crippen LogP contribution in [0.1, 0.15) is 26.7 Å². The Kier molecular flexibility index (Phi) is 3.08. The fourth-order valence-electron chi connectivity index (χ4n) is 0.779. The number of ether oxygens (including phenoxy) is 2. The largest absolute Gasteiger partial charge is 0.450 e. The topological polar surface area (TPSA) is 47.9 Å². The van der Waals surface area contributed by atoms with Crippen molar-refractivity contribution in [2.24, 2.45) is 4.99 Å². The van der Waals surface area contributed by atoms with Crippen molar-refractivity contribution in [3.8, 4) is 0 Å². The molecule has 0 amide bonds. The minimum Gasteiger partial charge on any atom is -0.450 e. The molecule has 1 rings (SSSR count). The van der Waals surface area contributed by atoms with E-state index in [-0.39, 0.29) is 12.1 Å². The molecule has 1 heterocycles. The van der Waals surface area contributed by atoms with Crippen molar-refractivity contribution in [3.63, 3.8) is 0 Å². The molecule has 0 saturated heterocycles. The highest BCUT2D eigenvalue weighted by Crippen LogP contribution is 2.06. The molecular formula is C8H13NO3. The zero-order valence-electron chi connectivity index (χ0n) is 7.37. The van der Waals surface area contributed by atoms with Gasteiger partial charge in [0.25, 0.3) is 0 Å². The fraction of sp³-hybridized carbons (Fsp3) is 0.750. The molecule has 1 aliphatic rings. The van der Waals surface area contributed by atoms with Gasteiger partial charge in [0.15, 0.2) is 6.04 Å². The Labute approximate surface area is 71.6 Å². The van der Waals surface area contributed by atoms with E-state index in [1.54, 1.807) is 6.92 Å². The third-order valence-electron chi connectivity index (χ3n) is 1.55. The maximum Gasteiger partial charge on any atom is 0.392 e. The Morgan fingerprint density at radius 2 is 2.42 bits per heavy atom. The molecule has 1 unspecified atom stereocenters. The van der Waals surface area contributed by atoms with Crippen LogP contribution < -0.4 is 0 Å². The number of nitrogens with zero attached hydrogens (tertiary/aromatic N) is 1. The van der Waals surface area contributed by atoms with Crippen LogP contribution >= 0.6 is 0 Å². The molecule has 0 aromatic heterocycles. The molecule has 0 aromatic rings. The number of hydrogen-bond acceptors (Lipinski definition) is 4. The van der Waals surface area contributed by atoms with Crippen molar-refractivity contribution in [2.75, 3.05) is 6.61 Å². The van der Waals surface area contributed by atoms with Crippen LogP contribution in [-0.4, -0.2) is 24.7 Å². The summed E-state index contributed by atoms with van der Waals surface area (Å²) in [6.07, 6.45) is 2.13. The summed E-state index contributed by atoms with van der Waals surface area (Å²) in [6, 6.07) is -0.401. The molecule has 0 saturated carbocycles. The SMILES string of the molecule is CCCCOC1=NC(C)C(=O)O1. The van der Waals surface area contributed by atoms with Gasteiger partial charge in [0.2, 0.25) is 0 Å². The molecule has 12 heavy (non-hydrogen) atoms. The van der Waals surface area contributed by atoms with Gasteiger partial charge in [-0.2, -0.15) is 0 Å². The summed E-state index contributed by atoms with van der Waals surface area (Å²) < 4.78 is 9.80. The summed E-state index contributed by atoms with van der Waals surface area (Å²) in [6.45, 7) is 4.31. The Bertz CT molecular complexity index is 200. The Morgan fingerprint density at radius 1 is 1.67 bits per heavy atom. The van der Waals surface area contributed by atoms with Gasteiger partial charge < -0.3 is 9.47 Å². The monoisotopic (exact) mass is 171 g/mol. The number of esters is 1. The van der Waals surface area contributed by atoms with Gasteiger partial charge in [-0.15, -0.1) is 0 Å². The lowest BCUT2D eigenvalue weighted by Crippen LogP contribution is -2.12. The summed E-state index contributed by atoms with van der Waals surface area (Å²) in [5, 5.41) is 0. The van der Waals surface area contributed by atoms with Crippen LogP contribution in [0, 0.1) is 0 Å². The minimum atomic E-state index is -0.401. The smallest absolute Gasteiger partial charge is 0.392 e. The minimum absolute atomic E-state index is 0.126. The molecular weight excluding hydrogens is 158 g/mol. The second kappa shape index (κ2) is 4.09. The number of carbonyl (C=O) groups excluding carboxylic acids is 1. The van der Waals surface area contributed by atoms with Gasteiger partial charge in [0, 0.05) is 0 Å². The van der Waals surface area contributed by atoms with Crippen LogP contribution in [0.3, 0.4) is 0 Å². The van der Waals surface area contributed by atoms with E-state index in [0.717, 1.165) is 12.8 Å². The highest BCUT2D eigenvalue weighted by atomic mass is 16.7. The lowest BCUT2D eigenvalue weighted by molar-refractivity contribution is -0.135. The highest BCUT2D eigenvalue weighted by molar-refractivity contribution is 5.93. The molecule has 1 aliphatic heterocycles. The van der Waals surface area contributed by atoms with Crippen LogP contribution in [0.2, 0.25) is 0 Å². The second-order valence-electron chi connectivity index (χ2n) is 2.69. The average Bonchev–Trinajstić information content (AvgIpc) is 2.32. The van der Waals surface area contributed by atoms with Crippen molar-refractivity contribution in [3.05, 3.63) is 0 Å². The van der Waals surface area contributed by atoms with E-state index in [4.69, 9.17) is 9.47 Å². The van der Waals surface area contributed by atoms with Crippen molar-refractivity contribution in [2.45, 2.75) is 32.7 Å². The molecule has 0 bridgehead atoms. The second-order valence-corrected chi connectivity index (χ2v) is 2.69. The molecule has 4 nitrogen and oxygen atoms in total. The summed E-state index contributed by atoms with van der Waals surface area (Å²) in [7, 11) is 0. The zero-order valence-corrected chi connectivity index (χ0v) is 7.37. The summed E-state index contributed by atoms with van der Waals surface area (Å²) >= 11 is 0. The third-order valence-corrected chi connectivity index (χ3v) is 1.55. The van der Waals surface area contributed by atoms with Gasteiger partial charge >= 0.3 is 12.1 Å². The molecule has 1 atom stereocenters.